The fraction of sp³-hybridized carbons (Fsp3) is 0.750. The van der Waals surface area contributed by atoms with E-state index in [0.717, 1.165) is 50.3 Å². The van der Waals surface area contributed by atoms with Crippen molar-refractivity contribution in [3.05, 3.63) is 11.4 Å². The quantitative estimate of drug-likeness (QED) is 0.852. The van der Waals surface area contributed by atoms with Gasteiger partial charge in [-0.05, 0) is 25.7 Å². The molecule has 90 valence electrons. The van der Waals surface area contributed by atoms with E-state index in [4.69, 9.17) is 10.5 Å². The zero-order valence-corrected chi connectivity index (χ0v) is 10.2. The summed E-state index contributed by atoms with van der Waals surface area (Å²) in [5, 5.41) is 4.66. The van der Waals surface area contributed by atoms with Gasteiger partial charge in [0, 0.05) is 13.2 Å². The van der Waals surface area contributed by atoms with Crippen molar-refractivity contribution < 1.29 is 4.74 Å². The molecule has 0 aliphatic carbocycles. The summed E-state index contributed by atoms with van der Waals surface area (Å²) in [6.45, 7) is 5.93. The predicted molar refractivity (Wildman–Crippen MR) is 64.5 cm³/mol. The number of aromatic nitrogens is 2. The van der Waals surface area contributed by atoms with Crippen LogP contribution in [0.25, 0.3) is 0 Å². The van der Waals surface area contributed by atoms with E-state index in [9.17, 15) is 0 Å². The standard InChI is InChI=1S/C12H21N3O/c1-3-10-12(13)11(4-2)15(14-10)9-5-7-16-8-6-9/h9H,3-8,13H2,1-2H3. The number of anilines is 1. The molecule has 4 nitrogen and oxygen atoms in total. The van der Waals surface area contributed by atoms with Crippen molar-refractivity contribution in [2.75, 3.05) is 18.9 Å². The normalized spacial score (nSPS) is 17.9. The molecule has 0 unspecified atom stereocenters. The maximum Gasteiger partial charge on any atom is 0.0854 e. The van der Waals surface area contributed by atoms with E-state index < -0.39 is 0 Å². The Hall–Kier alpha value is -1.03. The number of hydrogen-bond acceptors (Lipinski definition) is 3. The average molecular weight is 223 g/mol. The summed E-state index contributed by atoms with van der Waals surface area (Å²) in [4.78, 5) is 0. The van der Waals surface area contributed by atoms with E-state index in [-0.39, 0.29) is 0 Å². The second-order valence-electron chi connectivity index (χ2n) is 4.30. The van der Waals surface area contributed by atoms with Crippen LogP contribution >= 0.6 is 0 Å². The Morgan fingerprint density at radius 1 is 1.31 bits per heavy atom. The molecule has 1 aromatic heterocycles. The highest BCUT2D eigenvalue weighted by Gasteiger charge is 2.21. The van der Waals surface area contributed by atoms with E-state index in [1.54, 1.807) is 0 Å². The van der Waals surface area contributed by atoms with Crippen molar-refractivity contribution in [2.24, 2.45) is 0 Å². The Balaban J connectivity index is 2.31. The van der Waals surface area contributed by atoms with E-state index >= 15 is 0 Å². The van der Waals surface area contributed by atoms with Gasteiger partial charge in [-0.3, -0.25) is 4.68 Å². The zero-order valence-electron chi connectivity index (χ0n) is 10.2. The zero-order chi connectivity index (χ0) is 11.5. The first-order chi connectivity index (χ1) is 7.77. The minimum absolute atomic E-state index is 0.478. The van der Waals surface area contributed by atoms with Crippen LogP contribution in [0.1, 0.15) is 44.1 Å². The lowest BCUT2D eigenvalue weighted by Crippen LogP contribution is -2.22. The van der Waals surface area contributed by atoms with Gasteiger partial charge in [0.05, 0.1) is 23.1 Å². The Morgan fingerprint density at radius 2 is 2.00 bits per heavy atom. The number of nitrogens with two attached hydrogens (primary N) is 1. The topological polar surface area (TPSA) is 53.1 Å². The lowest BCUT2D eigenvalue weighted by atomic mass is 10.1. The Labute approximate surface area is 96.8 Å². The number of hydrogen-bond donors (Lipinski definition) is 1. The average Bonchev–Trinajstić information content (AvgIpc) is 2.66. The van der Waals surface area contributed by atoms with Crippen LogP contribution < -0.4 is 5.73 Å². The van der Waals surface area contributed by atoms with Crippen molar-refractivity contribution in [1.82, 2.24) is 9.78 Å². The maximum absolute atomic E-state index is 6.12. The fourth-order valence-corrected chi connectivity index (χ4v) is 2.38. The third-order valence-corrected chi connectivity index (χ3v) is 3.33. The summed E-state index contributed by atoms with van der Waals surface area (Å²) >= 11 is 0. The molecular formula is C12H21N3O. The molecule has 2 heterocycles. The number of nitrogens with zero attached hydrogens (tertiary/aromatic N) is 2. The first kappa shape index (κ1) is 11.5. The molecule has 0 atom stereocenters. The number of rotatable bonds is 3. The van der Waals surface area contributed by atoms with Crippen molar-refractivity contribution in [3.63, 3.8) is 0 Å². The van der Waals surface area contributed by atoms with Crippen LogP contribution in [0.15, 0.2) is 0 Å². The van der Waals surface area contributed by atoms with Gasteiger partial charge in [0.15, 0.2) is 0 Å². The van der Waals surface area contributed by atoms with Crippen LogP contribution in [-0.4, -0.2) is 23.0 Å². The molecular weight excluding hydrogens is 202 g/mol. The van der Waals surface area contributed by atoms with Gasteiger partial charge >= 0.3 is 0 Å². The Kier molecular flexibility index (Phi) is 3.49. The lowest BCUT2D eigenvalue weighted by molar-refractivity contribution is 0.0654. The molecule has 1 fully saturated rings. The molecule has 16 heavy (non-hydrogen) atoms. The highest BCUT2D eigenvalue weighted by Crippen LogP contribution is 2.27. The van der Waals surface area contributed by atoms with Gasteiger partial charge in [-0.15, -0.1) is 0 Å². The molecule has 2 N–H and O–H groups in total. The first-order valence-corrected chi connectivity index (χ1v) is 6.21. The third kappa shape index (κ3) is 1.94. The monoisotopic (exact) mass is 223 g/mol. The molecule has 1 aliphatic rings. The van der Waals surface area contributed by atoms with Crippen LogP contribution in [0.4, 0.5) is 5.69 Å². The number of aryl methyl sites for hydroxylation is 1. The van der Waals surface area contributed by atoms with Gasteiger partial charge < -0.3 is 10.5 Å². The smallest absolute Gasteiger partial charge is 0.0854 e. The third-order valence-electron chi connectivity index (χ3n) is 3.33. The van der Waals surface area contributed by atoms with Crippen LogP contribution in [0, 0.1) is 0 Å². The fourth-order valence-electron chi connectivity index (χ4n) is 2.38. The number of ether oxygens (including phenoxy) is 1. The van der Waals surface area contributed by atoms with E-state index in [1.165, 1.54) is 5.69 Å². The van der Waals surface area contributed by atoms with Crippen molar-refractivity contribution in [3.8, 4) is 0 Å². The Morgan fingerprint density at radius 3 is 2.56 bits per heavy atom. The molecule has 1 aromatic rings. The molecule has 0 amide bonds. The Bertz CT molecular complexity index is 353. The molecule has 0 saturated carbocycles. The van der Waals surface area contributed by atoms with Crippen LogP contribution in [-0.2, 0) is 17.6 Å². The van der Waals surface area contributed by atoms with E-state index in [0.29, 0.717) is 6.04 Å². The van der Waals surface area contributed by atoms with Crippen LogP contribution in [0.5, 0.6) is 0 Å². The summed E-state index contributed by atoms with van der Waals surface area (Å²) in [6.07, 6.45) is 3.97. The van der Waals surface area contributed by atoms with E-state index in [1.807, 2.05) is 0 Å². The number of nitrogen functional groups attached to an aromatic ring is 1. The highest BCUT2D eigenvalue weighted by molar-refractivity contribution is 5.48. The molecule has 0 bridgehead atoms. The van der Waals surface area contributed by atoms with Crippen molar-refractivity contribution in [1.29, 1.82) is 0 Å². The first-order valence-electron chi connectivity index (χ1n) is 6.21. The van der Waals surface area contributed by atoms with Crippen molar-refractivity contribution >= 4 is 5.69 Å². The second-order valence-corrected chi connectivity index (χ2v) is 4.30. The van der Waals surface area contributed by atoms with Gasteiger partial charge in [0.25, 0.3) is 0 Å². The van der Waals surface area contributed by atoms with Crippen LogP contribution in [0.3, 0.4) is 0 Å². The van der Waals surface area contributed by atoms with Gasteiger partial charge in [-0.2, -0.15) is 5.10 Å². The molecule has 4 heteroatoms. The van der Waals surface area contributed by atoms with Gasteiger partial charge in [-0.25, -0.2) is 0 Å². The van der Waals surface area contributed by atoms with Gasteiger partial charge in [-0.1, -0.05) is 13.8 Å². The van der Waals surface area contributed by atoms with E-state index in [2.05, 4.69) is 23.6 Å². The van der Waals surface area contributed by atoms with Crippen LogP contribution in [0.2, 0.25) is 0 Å². The largest absolute Gasteiger partial charge is 0.396 e. The van der Waals surface area contributed by atoms with Crippen molar-refractivity contribution in [2.45, 2.75) is 45.6 Å². The minimum atomic E-state index is 0.478. The molecule has 0 aromatic carbocycles. The molecule has 0 spiro atoms. The minimum Gasteiger partial charge on any atom is -0.396 e. The highest BCUT2D eigenvalue weighted by atomic mass is 16.5. The summed E-state index contributed by atoms with van der Waals surface area (Å²) < 4.78 is 7.54. The molecule has 2 rings (SSSR count). The summed E-state index contributed by atoms with van der Waals surface area (Å²) in [5.41, 5.74) is 9.26. The second kappa shape index (κ2) is 4.87. The SMILES string of the molecule is CCc1nn(C2CCOCC2)c(CC)c1N. The summed E-state index contributed by atoms with van der Waals surface area (Å²) in [7, 11) is 0. The lowest BCUT2D eigenvalue weighted by Gasteiger charge is -2.24. The maximum atomic E-state index is 6.12. The molecule has 1 aliphatic heterocycles. The summed E-state index contributed by atoms with van der Waals surface area (Å²) in [5.74, 6) is 0. The molecule has 1 saturated heterocycles. The molecule has 0 radical (unpaired) electrons. The summed E-state index contributed by atoms with van der Waals surface area (Å²) in [6, 6.07) is 0.478. The van der Waals surface area contributed by atoms with Gasteiger partial charge in [0.2, 0.25) is 0 Å². The predicted octanol–water partition coefficient (Wildman–Crippen LogP) is 1.94. The van der Waals surface area contributed by atoms with Gasteiger partial charge in [0.1, 0.15) is 0 Å².